The topological polar surface area (TPSA) is 61.4 Å². The van der Waals surface area contributed by atoms with E-state index in [0.717, 1.165) is 25.3 Å². The maximum absolute atomic E-state index is 12.1. The summed E-state index contributed by atoms with van der Waals surface area (Å²) in [5.74, 6) is -0.220. The van der Waals surface area contributed by atoms with Gasteiger partial charge in [-0.05, 0) is 55.1 Å². The van der Waals surface area contributed by atoms with Crippen LogP contribution >= 0.6 is 11.3 Å². The van der Waals surface area contributed by atoms with Crippen LogP contribution in [0.1, 0.15) is 40.9 Å². The SMILES string of the molecule is O=C(CCNC(=O)c1cccs1)Nc1cccc(CN2CCCCC2)c1. The van der Waals surface area contributed by atoms with E-state index in [4.69, 9.17) is 0 Å². The van der Waals surface area contributed by atoms with Gasteiger partial charge in [0.25, 0.3) is 5.91 Å². The summed E-state index contributed by atoms with van der Waals surface area (Å²) in [7, 11) is 0. The molecule has 0 radical (unpaired) electrons. The first-order valence-corrected chi connectivity index (χ1v) is 10.0. The Morgan fingerprint density at radius 2 is 1.92 bits per heavy atom. The van der Waals surface area contributed by atoms with Gasteiger partial charge in [-0.15, -0.1) is 11.3 Å². The molecule has 0 unspecified atom stereocenters. The summed E-state index contributed by atoms with van der Waals surface area (Å²) in [6, 6.07) is 11.6. The van der Waals surface area contributed by atoms with Crippen LogP contribution in [-0.2, 0) is 11.3 Å². The first-order chi connectivity index (χ1) is 12.7. The van der Waals surface area contributed by atoms with E-state index in [0.29, 0.717) is 11.4 Å². The van der Waals surface area contributed by atoms with Gasteiger partial charge in [0, 0.05) is 25.2 Å². The van der Waals surface area contributed by atoms with Crippen LogP contribution in [0.5, 0.6) is 0 Å². The molecule has 26 heavy (non-hydrogen) atoms. The Morgan fingerprint density at radius 1 is 1.08 bits per heavy atom. The molecule has 2 heterocycles. The zero-order valence-electron chi connectivity index (χ0n) is 14.9. The summed E-state index contributed by atoms with van der Waals surface area (Å²) in [6.45, 7) is 3.57. The highest BCUT2D eigenvalue weighted by molar-refractivity contribution is 7.12. The molecule has 0 saturated carbocycles. The molecular weight excluding hydrogens is 346 g/mol. The number of carbonyl (C=O) groups excluding carboxylic acids is 2. The van der Waals surface area contributed by atoms with Gasteiger partial charge < -0.3 is 10.6 Å². The molecule has 2 aromatic rings. The van der Waals surface area contributed by atoms with Crippen LogP contribution in [0.4, 0.5) is 5.69 Å². The minimum absolute atomic E-state index is 0.0911. The van der Waals surface area contributed by atoms with Crippen molar-refractivity contribution in [3.8, 4) is 0 Å². The first-order valence-electron chi connectivity index (χ1n) is 9.13. The molecule has 3 rings (SSSR count). The van der Waals surface area contributed by atoms with Crippen molar-refractivity contribution in [1.29, 1.82) is 0 Å². The molecule has 1 fully saturated rings. The summed E-state index contributed by atoms with van der Waals surface area (Å²) in [5, 5.41) is 7.55. The lowest BCUT2D eigenvalue weighted by atomic mass is 10.1. The van der Waals surface area contributed by atoms with Gasteiger partial charge in [-0.25, -0.2) is 0 Å². The fourth-order valence-corrected chi connectivity index (χ4v) is 3.77. The van der Waals surface area contributed by atoms with Gasteiger partial charge in [-0.1, -0.05) is 24.6 Å². The minimum Gasteiger partial charge on any atom is -0.351 e. The zero-order valence-corrected chi connectivity index (χ0v) is 15.7. The van der Waals surface area contributed by atoms with Gasteiger partial charge in [0.1, 0.15) is 0 Å². The number of benzene rings is 1. The summed E-state index contributed by atoms with van der Waals surface area (Å²) >= 11 is 1.39. The molecule has 1 aromatic heterocycles. The smallest absolute Gasteiger partial charge is 0.261 e. The number of thiophene rings is 1. The van der Waals surface area contributed by atoms with Crippen molar-refractivity contribution < 1.29 is 9.59 Å². The Balaban J connectivity index is 1.43. The number of anilines is 1. The Bertz CT molecular complexity index is 724. The molecule has 1 aliphatic heterocycles. The molecule has 0 aliphatic carbocycles. The average molecular weight is 372 g/mol. The molecule has 5 nitrogen and oxygen atoms in total. The van der Waals surface area contributed by atoms with Gasteiger partial charge in [-0.3, -0.25) is 14.5 Å². The third-order valence-corrected chi connectivity index (χ3v) is 5.32. The van der Waals surface area contributed by atoms with E-state index in [-0.39, 0.29) is 18.2 Å². The molecule has 138 valence electrons. The maximum Gasteiger partial charge on any atom is 0.261 e. The lowest BCUT2D eigenvalue weighted by Gasteiger charge is -2.26. The third-order valence-electron chi connectivity index (χ3n) is 4.45. The number of likely N-dealkylation sites (tertiary alicyclic amines) is 1. The molecule has 2 amide bonds. The molecule has 0 bridgehead atoms. The monoisotopic (exact) mass is 371 g/mol. The van der Waals surface area contributed by atoms with Crippen molar-refractivity contribution in [2.45, 2.75) is 32.2 Å². The minimum atomic E-state index is -0.128. The first kappa shape index (κ1) is 18.6. The maximum atomic E-state index is 12.1. The van der Waals surface area contributed by atoms with Crippen LogP contribution in [-0.4, -0.2) is 36.3 Å². The summed E-state index contributed by atoms with van der Waals surface area (Å²) in [5.41, 5.74) is 2.03. The molecule has 6 heteroatoms. The number of rotatable bonds is 7. The molecule has 2 N–H and O–H groups in total. The quantitative estimate of drug-likeness (QED) is 0.783. The molecular formula is C20H25N3O2S. The fraction of sp³-hybridized carbons (Fsp3) is 0.400. The molecule has 1 saturated heterocycles. The van der Waals surface area contributed by atoms with E-state index in [1.165, 1.54) is 36.2 Å². The number of nitrogens with zero attached hydrogens (tertiary/aromatic N) is 1. The second kappa shape index (κ2) is 9.50. The van der Waals surface area contributed by atoms with Crippen LogP contribution < -0.4 is 10.6 Å². The third kappa shape index (κ3) is 5.68. The van der Waals surface area contributed by atoms with Gasteiger partial charge in [0.05, 0.1) is 4.88 Å². The van der Waals surface area contributed by atoms with Crippen LogP contribution in [0.3, 0.4) is 0 Å². The summed E-state index contributed by atoms with van der Waals surface area (Å²) in [6.07, 6.45) is 4.13. The van der Waals surface area contributed by atoms with Crippen molar-refractivity contribution in [1.82, 2.24) is 10.2 Å². The van der Waals surface area contributed by atoms with E-state index < -0.39 is 0 Å². The predicted molar refractivity (Wildman–Crippen MR) is 105 cm³/mol. The van der Waals surface area contributed by atoms with Gasteiger partial charge in [-0.2, -0.15) is 0 Å². The zero-order chi connectivity index (χ0) is 18.2. The number of hydrogen-bond acceptors (Lipinski definition) is 4. The number of amides is 2. The van der Waals surface area contributed by atoms with E-state index in [1.54, 1.807) is 6.07 Å². The van der Waals surface area contributed by atoms with Crippen molar-refractivity contribution in [2.75, 3.05) is 25.0 Å². The van der Waals surface area contributed by atoms with Crippen molar-refractivity contribution in [3.05, 3.63) is 52.2 Å². The highest BCUT2D eigenvalue weighted by Crippen LogP contribution is 2.16. The molecule has 1 aliphatic rings. The molecule has 0 atom stereocenters. The Hall–Kier alpha value is -2.18. The van der Waals surface area contributed by atoms with Gasteiger partial charge in [0.2, 0.25) is 5.91 Å². The number of piperidine rings is 1. The normalized spacial score (nSPS) is 14.8. The Morgan fingerprint density at radius 3 is 2.69 bits per heavy atom. The van der Waals surface area contributed by atoms with Crippen molar-refractivity contribution >= 4 is 28.8 Å². The second-order valence-corrected chi connectivity index (χ2v) is 7.52. The number of nitrogens with one attached hydrogen (secondary N) is 2. The summed E-state index contributed by atoms with van der Waals surface area (Å²) < 4.78 is 0. The van der Waals surface area contributed by atoms with Gasteiger partial charge in [0.15, 0.2) is 0 Å². The van der Waals surface area contributed by atoms with E-state index in [1.807, 2.05) is 29.6 Å². The molecule has 1 aromatic carbocycles. The van der Waals surface area contributed by atoms with E-state index >= 15 is 0 Å². The Kier molecular flexibility index (Phi) is 6.80. The summed E-state index contributed by atoms with van der Waals surface area (Å²) in [4.78, 5) is 27.1. The fourth-order valence-electron chi connectivity index (χ4n) is 3.13. The average Bonchev–Trinajstić information content (AvgIpc) is 3.17. The van der Waals surface area contributed by atoms with Crippen LogP contribution in [0, 0.1) is 0 Å². The Labute approximate surface area is 158 Å². The second-order valence-electron chi connectivity index (χ2n) is 6.57. The van der Waals surface area contributed by atoms with E-state index in [9.17, 15) is 9.59 Å². The standard InChI is InChI=1S/C20H25N3O2S/c24-19(9-10-21-20(25)18-8-5-13-26-18)22-17-7-4-6-16(14-17)15-23-11-2-1-3-12-23/h4-8,13-14H,1-3,9-12,15H2,(H,21,25)(H,22,24). The number of carbonyl (C=O) groups is 2. The van der Waals surface area contributed by atoms with Gasteiger partial charge >= 0.3 is 0 Å². The largest absolute Gasteiger partial charge is 0.351 e. The van der Waals surface area contributed by atoms with Crippen molar-refractivity contribution in [2.24, 2.45) is 0 Å². The van der Waals surface area contributed by atoms with Crippen molar-refractivity contribution in [3.63, 3.8) is 0 Å². The number of hydrogen-bond donors (Lipinski definition) is 2. The van der Waals surface area contributed by atoms with E-state index in [2.05, 4.69) is 21.6 Å². The highest BCUT2D eigenvalue weighted by atomic mass is 32.1. The highest BCUT2D eigenvalue weighted by Gasteiger charge is 2.11. The van der Waals surface area contributed by atoms with Crippen LogP contribution in [0.15, 0.2) is 41.8 Å². The molecule has 0 spiro atoms. The lowest BCUT2D eigenvalue weighted by Crippen LogP contribution is -2.29. The van der Waals surface area contributed by atoms with Crippen LogP contribution in [0.2, 0.25) is 0 Å². The lowest BCUT2D eigenvalue weighted by molar-refractivity contribution is -0.116. The predicted octanol–water partition coefficient (Wildman–Crippen LogP) is 3.49. The van der Waals surface area contributed by atoms with Crippen LogP contribution in [0.25, 0.3) is 0 Å².